The highest BCUT2D eigenvalue weighted by Crippen LogP contribution is 2.19. The Hall–Kier alpha value is -2.04. The Morgan fingerprint density at radius 3 is 2.69 bits per heavy atom. The van der Waals surface area contributed by atoms with Crippen LogP contribution in [0.5, 0.6) is 0 Å². The number of rotatable bonds is 9. The number of benzene rings is 1. The normalized spacial score (nSPS) is 14.1. The van der Waals surface area contributed by atoms with E-state index in [9.17, 15) is 4.79 Å². The quantitative estimate of drug-likeness (QED) is 0.405. The van der Waals surface area contributed by atoms with Gasteiger partial charge in [0.25, 0.3) is 0 Å². The SMILES string of the molecule is CCCCCNC(=NCCCC(=O)N1CCc2ccccc2C1)NCC. The van der Waals surface area contributed by atoms with E-state index in [4.69, 9.17) is 0 Å². The van der Waals surface area contributed by atoms with Crippen molar-refractivity contribution in [3.63, 3.8) is 0 Å². The van der Waals surface area contributed by atoms with Gasteiger partial charge in [-0.05, 0) is 37.3 Å². The van der Waals surface area contributed by atoms with Crippen LogP contribution in [0.25, 0.3) is 0 Å². The predicted octanol–water partition coefficient (Wildman–Crippen LogP) is 3.10. The highest BCUT2D eigenvalue weighted by molar-refractivity contribution is 5.80. The van der Waals surface area contributed by atoms with Crippen LogP contribution in [-0.2, 0) is 17.8 Å². The van der Waals surface area contributed by atoms with Crippen molar-refractivity contribution in [2.75, 3.05) is 26.2 Å². The molecule has 0 atom stereocenters. The molecule has 144 valence electrons. The second-order valence-corrected chi connectivity index (χ2v) is 6.83. The lowest BCUT2D eigenvalue weighted by Gasteiger charge is -2.28. The molecule has 1 amide bonds. The first-order valence-electron chi connectivity index (χ1n) is 10.1. The molecule has 5 heteroatoms. The summed E-state index contributed by atoms with van der Waals surface area (Å²) >= 11 is 0. The molecule has 5 nitrogen and oxygen atoms in total. The van der Waals surface area contributed by atoms with Crippen LogP contribution in [-0.4, -0.2) is 42.9 Å². The summed E-state index contributed by atoms with van der Waals surface area (Å²) < 4.78 is 0. The van der Waals surface area contributed by atoms with Crippen LogP contribution >= 0.6 is 0 Å². The van der Waals surface area contributed by atoms with Crippen LogP contribution in [0.2, 0.25) is 0 Å². The van der Waals surface area contributed by atoms with Crippen molar-refractivity contribution < 1.29 is 4.79 Å². The fourth-order valence-corrected chi connectivity index (χ4v) is 3.21. The van der Waals surface area contributed by atoms with Gasteiger partial charge < -0.3 is 15.5 Å². The van der Waals surface area contributed by atoms with Gasteiger partial charge in [-0.3, -0.25) is 9.79 Å². The number of carbonyl (C=O) groups excluding carboxylic acids is 1. The maximum Gasteiger partial charge on any atom is 0.222 e. The monoisotopic (exact) mass is 358 g/mol. The van der Waals surface area contributed by atoms with Gasteiger partial charge in [-0.25, -0.2) is 0 Å². The van der Waals surface area contributed by atoms with Crippen LogP contribution in [0.1, 0.15) is 57.1 Å². The highest BCUT2D eigenvalue weighted by atomic mass is 16.2. The summed E-state index contributed by atoms with van der Waals surface area (Å²) in [5.41, 5.74) is 2.67. The number of nitrogens with zero attached hydrogens (tertiary/aromatic N) is 2. The third kappa shape index (κ3) is 6.70. The standard InChI is InChI=1S/C21H34N4O/c1-3-5-8-14-23-21(22-4-2)24-15-9-12-20(26)25-16-13-18-10-6-7-11-19(18)17-25/h6-7,10-11H,3-5,8-9,12-17H2,1-2H3,(H2,22,23,24). The Morgan fingerprint density at radius 2 is 1.92 bits per heavy atom. The molecule has 0 aromatic heterocycles. The molecule has 1 aliphatic heterocycles. The first-order valence-corrected chi connectivity index (χ1v) is 10.1. The Labute approximate surface area is 158 Å². The first kappa shape index (κ1) is 20.3. The molecular weight excluding hydrogens is 324 g/mol. The molecule has 0 saturated carbocycles. The second-order valence-electron chi connectivity index (χ2n) is 6.83. The van der Waals surface area contributed by atoms with Crippen LogP contribution < -0.4 is 10.6 Å². The van der Waals surface area contributed by atoms with Crippen molar-refractivity contribution in [2.45, 2.75) is 58.9 Å². The molecule has 0 unspecified atom stereocenters. The smallest absolute Gasteiger partial charge is 0.222 e. The summed E-state index contributed by atoms with van der Waals surface area (Å²) in [5.74, 6) is 1.11. The summed E-state index contributed by atoms with van der Waals surface area (Å²) in [6.45, 7) is 8.34. The lowest BCUT2D eigenvalue weighted by molar-refractivity contribution is -0.132. The third-order valence-corrected chi connectivity index (χ3v) is 4.72. The van der Waals surface area contributed by atoms with E-state index in [-0.39, 0.29) is 5.91 Å². The molecule has 2 N–H and O–H groups in total. The predicted molar refractivity (Wildman–Crippen MR) is 108 cm³/mol. The molecule has 2 rings (SSSR count). The number of amides is 1. The average Bonchev–Trinajstić information content (AvgIpc) is 2.67. The molecule has 0 aliphatic carbocycles. The van der Waals surface area contributed by atoms with Crippen molar-refractivity contribution in [3.8, 4) is 0 Å². The lowest BCUT2D eigenvalue weighted by Crippen LogP contribution is -2.38. The van der Waals surface area contributed by atoms with Gasteiger partial charge in [-0.15, -0.1) is 0 Å². The number of unbranched alkanes of at least 4 members (excludes halogenated alkanes) is 2. The summed E-state index contributed by atoms with van der Waals surface area (Å²) in [5, 5.41) is 6.63. The minimum Gasteiger partial charge on any atom is -0.357 e. The van der Waals surface area contributed by atoms with Gasteiger partial charge in [0, 0.05) is 39.1 Å². The van der Waals surface area contributed by atoms with Gasteiger partial charge in [0.1, 0.15) is 0 Å². The molecule has 1 aromatic carbocycles. The fourth-order valence-electron chi connectivity index (χ4n) is 3.21. The zero-order valence-electron chi connectivity index (χ0n) is 16.4. The maximum absolute atomic E-state index is 12.5. The maximum atomic E-state index is 12.5. The van der Waals surface area contributed by atoms with E-state index < -0.39 is 0 Å². The molecule has 1 aliphatic rings. The molecule has 0 spiro atoms. The number of aliphatic imine (C=N–C) groups is 1. The summed E-state index contributed by atoms with van der Waals surface area (Å²) in [6, 6.07) is 8.43. The molecule has 0 radical (unpaired) electrons. The minimum atomic E-state index is 0.246. The van der Waals surface area contributed by atoms with Crippen LogP contribution in [0.15, 0.2) is 29.3 Å². The van der Waals surface area contributed by atoms with Gasteiger partial charge in [0.05, 0.1) is 0 Å². The van der Waals surface area contributed by atoms with E-state index in [0.717, 1.165) is 51.4 Å². The van der Waals surface area contributed by atoms with Gasteiger partial charge in [-0.2, -0.15) is 0 Å². The largest absolute Gasteiger partial charge is 0.357 e. The van der Waals surface area contributed by atoms with Gasteiger partial charge in [-0.1, -0.05) is 44.0 Å². The third-order valence-electron chi connectivity index (χ3n) is 4.72. The topological polar surface area (TPSA) is 56.7 Å². The zero-order valence-corrected chi connectivity index (χ0v) is 16.4. The van der Waals surface area contributed by atoms with E-state index in [1.165, 1.54) is 24.0 Å². The van der Waals surface area contributed by atoms with Crippen molar-refractivity contribution >= 4 is 11.9 Å². The number of nitrogens with one attached hydrogen (secondary N) is 2. The Morgan fingerprint density at radius 1 is 1.12 bits per heavy atom. The fraction of sp³-hybridized carbons (Fsp3) is 0.619. The number of hydrogen-bond acceptors (Lipinski definition) is 2. The highest BCUT2D eigenvalue weighted by Gasteiger charge is 2.19. The van der Waals surface area contributed by atoms with E-state index >= 15 is 0 Å². The molecule has 0 fully saturated rings. The molecule has 1 aromatic rings. The average molecular weight is 359 g/mol. The second kappa shape index (κ2) is 11.6. The van der Waals surface area contributed by atoms with Crippen molar-refractivity contribution in [1.29, 1.82) is 0 Å². The van der Waals surface area contributed by atoms with Gasteiger partial charge in [0.15, 0.2) is 5.96 Å². The Kier molecular flexibility index (Phi) is 9.01. The molecule has 26 heavy (non-hydrogen) atoms. The zero-order chi connectivity index (χ0) is 18.6. The summed E-state index contributed by atoms with van der Waals surface area (Å²) in [7, 11) is 0. The molecule has 0 saturated heterocycles. The van der Waals surface area contributed by atoms with Crippen LogP contribution in [0.4, 0.5) is 0 Å². The van der Waals surface area contributed by atoms with Crippen molar-refractivity contribution in [3.05, 3.63) is 35.4 Å². The van der Waals surface area contributed by atoms with Crippen molar-refractivity contribution in [1.82, 2.24) is 15.5 Å². The first-order chi connectivity index (χ1) is 12.7. The molecule has 1 heterocycles. The van der Waals surface area contributed by atoms with Crippen molar-refractivity contribution in [2.24, 2.45) is 4.99 Å². The van der Waals surface area contributed by atoms with E-state index in [0.29, 0.717) is 13.0 Å². The van der Waals surface area contributed by atoms with E-state index in [2.05, 4.69) is 53.7 Å². The van der Waals surface area contributed by atoms with Gasteiger partial charge >= 0.3 is 0 Å². The number of hydrogen-bond donors (Lipinski definition) is 2. The van der Waals surface area contributed by atoms with Gasteiger partial charge in [0.2, 0.25) is 5.91 Å². The van der Waals surface area contributed by atoms with E-state index in [1.807, 2.05) is 4.90 Å². The number of fused-ring (bicyclic) bond motifs is 1. The summed E-state index contributed by atoms with van der Waals surface area (Å²) in [6.07, 6.45) is 5.95. The number of carbonyl (C=O) groups is 1. The van der Waals surface area contributed by atoms with Crippen LogP contribution in [0.3, 0.4) is 0 Å². The molecular formula is C21H34N4O. The minimum absolute atomic E-state index is 0.246. The summed E-state index contributed by atoms with van der Waals surface area (Å²) in [4.78, 5) is 19.0. The number of guanidine groups is 1. The molecule has 0 bridgehead atoms. The Bertz CT molecular complexity index is 585. The lowest BCUT2D eigenvalue weighted by atomic mass is 9.99. The van der Waals surface area contributed by atoms with E-state index in [1.54, 1.807) is 0 Å². The Balaban J connectivity index is 1.71. The van der Waals surface area contributed by atoms with Crippen LogP contribution in [0, 0.1) is 0 Å².